The van der Waals surface area contributed by atoms with Crippen molar-refractivity contribution in [1.29, 1.82) is 0 Å². The fourth-order valence-corrected chi connectivity index (χ4v) is 3.18. The van der Waals surface area contributed by atoms with Crippen molar-refractivity contribution in [3.05, 3.63) is 90.4 Å². The van der Waals surface area contributed by atoms with Gasteiger partial charge >= 0.3 is 0 Å². The number of benzene rings is 2. The number of rotatable bonds is 4. The number of carbonyl (C=O) groups excluding carboxylic acids is 1. The number of hydrogen-bond acceptors (Lipinski definition) is 2. The Kier molecular flexibility index (Phi) is 4.08. The van der Waals surface area contributed by atoms with Crippen molar-refractivity contribution < 1.29 is 9.18 Å². The first-order valence-electron chi connectivity index (χ1n) is 8.41. The Balaban J connectivity index is 1.77. The number of primary amides is 1. The molecule has 0 fully saturated rings. The summed E-state index contributed by atoms with van der Waals surface area (Å²) in [6.07, 6.45) is 6.77. The van der Waals surface area contributed by atoms with Gasteiger partial charge in [0.2, 0.25) is 5.91 Å². The Morgan fingerprint density at radius 2 is 1.89 bits per heavy atom. The van der Waals surface area contributed by atoms with Gasteiger partial charge in [-0.1, -0.05) is 6.07 Å². The van der Waals surface area contributed by atoms with E-state index in [0.29, 0.717) is 11.3 Å². The molecule has 5 nitrogen and oxygen atoms in total. The summed E-state index contributed by atoms with van der Waals surface area (Å²) in [5, 5.41) is 0. The van der Waals surface area contributed by atoms with Gasteiger partial charge in [0, 0.05) is 35.4 Å². The highest BCUT2D eigenvalue weighted by Crippen LogP contribution is 2.28. The molecule has 1 amide bonds. The molecule has 6 heteroatoms. The van der Waals surface area contributed by atoms with Gasteiger partial charge in [0.05, 0.1) is 17.7 Å². The molecule has 2 N–H and O–H groups in total. The SMILES string of the molecule is Cc1cc(C(N)=O)ccc1-n1cccc1-c1ccc(-n2ccnc2)c(F)c1. The van der Waals surface area contributed by atoms with Crippen LogP contribution in [0, 0.1) is 12.7 Å². The first-order valence-corrected chi connectivity index (χ1v) is 8.41. The molecule has 0 radical (unpaired) electrons. The van der Waals surface area contributed by atoms with Crippen molar-refractivity contribution in [3.63, 3.8) is 0 Å². The third-order valence-corrected chi connectivity index (χ3v) is 4.52. The zero-order valence-electron chi connectivity index (χ0n) is 14.6. The van der Waals surface area contributed by atoms with Gasteiger partial charge in [-0.25, -0.2) is 9.37 Å². The van der Waals surface area contributed by atoms with Crippen molar-refractivity contribution in [2.75, 3.05) is 0 Å². The second-order valence-corrected chi connectivity index (χ2v) is 6.27. The van der Waals surface area contributed by atoms with Gasteiger partial charge in [0.15, 0.2) is 0 Å². The smallest absolute Gasteiger partial charge is 0.248 e. The fourth-order valence-electron chi connectivity index (χ4n) is 3.18. The second kappa shape index (κ2) is 6.57. The maximum atomic E-state index is 14.7. The van der Waals surface area contributed by atoms with Crippen molar-refractivity contribution in [2.45, 2.75) is 6.92 Å². The predicted octanol–water partition coefficient (Wildman–Crippen LogP) is 3.88. The zero-order chi connectivity index (χ0) is 19.0. The van der Waals surface area contributed by atoms with Crippen molar-refractivity contribution in [2.24, 2.45) is 5.73 Å². The molecule has 134 valence electrons. The van der Waals surface area contributed by atoms with Crippen molar-refractivity contribution in [1.82, 2.24) is 14.1 Å². The molecule has 0 aliphatic heterocycles. The standard InChI is InChI=1S/C21H17FN4O/c1-14-11-16(21(23)27)5-6-18(14)26-9-2-3-19(26)15-4-7-20(17(22)12-15)25-10-8-24-13-25/h2-13H,1H3,(H2,23,27). The third-order valence-electron chi connectivity index (χ3n) is 4.52. The van der Waals surface area contributed by atoms with Crippen LogP contribution in [0.1, 0.15) is 15.9 Å². The molecule has 0 bridgehead atoms. The molecular formula is C21H17FN4O. The van der Waals surface area contributed by atoms with E-state index in [2.05, 4.69) is 4.98 Å². The van der Waals surface area contributed by atoms with E-state index in [9.17, 15) is 9.18 Å². The molecule has 27 heavy (non-hydrogen) atoms. The highest BCUT2D eigenvalue weighted by Gasteiger charge is 2.12. The Labute approximate surface area is 155 Å². The molecule has 0 aliphatic carbocycles. The molecule has 2 heterocycles. The minimum Gasteiger partial charge on any atom is -0.366 e. The van der Waals surface area contributed by atoms with Crippen LogP contribution in [-0.4, -0.2) is 20.0 Å². The number of nitrogens with two attached hydrogens (primary N) is 1. The van der Waals surface area contributed by atoms with E-state index in [1.165, 1.54) is 6.07 Å². The minimum atomic E-state index is -0.463. The maximum Gasteiger partial charge on any atom is 0.248 e. The van der Waals surface area contributed by atoms with Crippen molar-refractivity contribution in [3.8, 4) is 22.6 Å². The van der Waals surface area contributed by atoms with Crippen LogP contribution >= 0.6 is 0 Å². The molecule has 4 rings (SSSR count). The summed E-state index contributed by atoms with van der Waals surface area (Å²) >= 11 is 0. The quantitative estimate of drug-likeness (QED) is 0.600. The molecule has 0 spiro atoms. The van der Waals surface area contributed by atoms with Gasteiger partial charge in [-0.2, -0.15) is 0 Å². The molecule has 2 aromatic heterocycles. The van der Waals surface area contributed by atoms with Gasteiger partial charge in [0.25, 0.3) is 0 Å². The largest absolute Gasteiger partial charge is 0.366 e. The first kappa shape index (κ1) is 16.8. The van der Waals surface area contributed by atoms with Crippen LogP contribution in [0.4, 0.5) is 4.39 Å². The molecule has 0 aliphatic rings. The Morgan fingerprint density at radius 1 is 1.07 bits per heavy atom. The third kappa shape index (κ3) is 3.01. The molecular weight excluding hydrogens is 343 g/mol. The molecule has 0 saturated heterocycles. The second-order valence-electron chi connectivity index (χ2n) is 6.27. The number of carbonyl (C=O) groups is 1. The predicted molar refractivity (Wildman–Crippen MR) is 102 cm³/mol. The molecule has 4 aromatic rings. The number of imidazole rings is 1. The average molecular weight is 360 g/mol. The summed E-state index contributed by atoms with van der Waals surface area (Å²) in [5.41, 5.74) is 9.65. The van der Waals surface area contributed by atoms with E-state index in [1.54, 1.807) is 41.5 Å². The first-order chi connectivity index (χ1) is 13.0. The summed E-state index contributed by atoms with van der Waals surface area (Å²) < 4.78 is 18.2. The number of nitrogens with zero attached hydrogens (tertiary/aromatic N) is 3. The molecule has 2 aromatic carbocycles. The van der Waals surface area contributed by atoms with Crippen LogP contribution in [0.2, 0.25) is 0 Å². The Morgan fingerprint density at radius 3 is 2.56 bits per heavy atom. The number of amides is 1. The van der Waals surface area contributed by atoms with E-state index in [0.717, 1.165) is 22.5 Å². The van der Waals surface area contributed by atoms with Gasteiger partial charge in [-0.15, -0.1) is 0 Å². The normalized spacial score (nSPS) is 10.9. The summed E-state index contributed by atoms with van der Waals surface area (Å²) in [6, 6.07) is 14.2. The molecule has 0 atom stereocenters. The highest BCUT2D eigenvalue weighted by molar-refractivity contribution is 5.93. The van der Waals surface area contributed by atoms with Crippen LogP contribution in [0.25, 0.3) is 22.6 Å². The Bertz CT molecular complexity index is 1130. The monoisotopic (exact) mass is 360 g/mol. The lowest BCUT2D eigenvalue weighted by Gasteiger charge is -2.14. The lowest BCUT2D eigenvalue weighted by molar-refractivity contribution is 0.1000. The topological polar surface area (TPSA) is 65.8 Å². The van der Waals surface area contributed by atoms with Gasteiger partial charge in [0.1, 0.15) is 5.82 Å². The molecule has 0 saturated carbocycles. The maximum absolute atomic E-state index is 14.7. The average Bonchev–Trinajstić information content (AvgIpc) is 3.33. The van der Waals surface area contributed by atoms with Gasteiger partial charge < -0.3 is 14.9 Å². The Hall–Kier alpha value is -3.67. The van der Waals surface area contributed by atoms with E-state index >= 15 is 0 Å². The number of halogens is 1. The van der Waals surface area contributed by atoms with Crippen LogP contribution in [0.15, 0.2) is 73.4 Å². The number of aromatic nitrogens is 3. The lowest BCUT2D eigenvalue weighted by atomic mass is 10.1. The summed E-state index contributed by atoms with van der Waals surface area (Å²) in [4.78, 5) is 15.3. The van der Waals surface area contributed by atoms with E-state index in [1.807, 2.05) is 42.0 Å². The van der Waals surface area contributed by atoms with Crippen molar-refractivity contribution >= 4 is 5.91 Å². The van der Waals surface area contributed by atoms with Gasteiger partial charge in [-0.3, -0.25) is 4.79 Å². The van der Waals surface area contributed by atoms with Gasteiger partial charge in [-0.05, 0) is 55.0 Å². The lowest BCUT2D eigenvalue weighted by Crippen LogP contribution is -2.11. The number of aryl methyl sites for hydroxylation is 1. The number of hydrogen-bond donors (Lipinski definition) is 1. The van der Waals surface area contributed by atoms with Crippen LogP contribution < -0.4 is 5.73 Å². The van der Waals surface area contributed by atoms with E-state index in [-0.39, 0.29) is 5.82 Å². The molecule has 0 unspecified atom stereocenters. The fraction of sp³-hybridized carbons (Fsp3) is 0.0476. The van der Waals surface area contributed by atoms with Crippen LogP contribution in [-0.2, 0) is 0 Å². The van der Waals surface area contributed by atoms with Crippen LogP contribution in [0.3, 0.4) is 0 Å². The highest BCUT2D eigenvalue weighted by atomic mass is 19.1. The summed E-state index contributed by atoms with van der Waals surface area (Å²) in [6.45, 7) is 1.91. The minimum absolute atomic E-state index is 0.334. The summed E-state index contributed by atoms with van der Waals surface area (Å²) in [5.74, 6) is -0.798. The van der Waals surface area contributed by atoms with E-state index in [4.69, 9.17) is 5.73 Å². The summed E-state index contributed by atoms with van der Waals surface area (Å²) in [7, 11) is 0. The zero-order valence-corrected chi connectivity index (χ0v) is 14.6. The van der Waals surface area contributed by atoms with E-state index < -0.39 is 5.91 Å². The van der Waals surface area contributed by atoms with Crippen LogP contribution in [0.5, 0.6) is 0 Å².